The van der Waals surface area contributed by atoms with E-state index < -0.39 is 0 Å². The van der Waals surface area contributed by atoms with Crippen LogP contribution in [0.5, 0.6) is 0 Å². The fourth-order valence-corrected chi connectivity index (χ4v) is 2.71. The van der Waals surface area contributed by atoms with Gasteiger partial charge >= 0.3 is 0 Å². The normalized spacial score (nSPS) is 24.0. The number of likely N-dealkylation sites (tertiary alicyclic amines) is 1. The second-order valence-corrected chi connectivity index (χ2v) is 5.60. The van der Waals surface area contributed by atoms with Gasteiger partial charge in [0.25, 0.3) is 0 Å². The Morgan fingerprint density at radius 2 is 2.00 bits per heavy atom. The summed E-state index contributed by atoms with van der Waals surface area (Å²) in [6.07, 6.45) is 4.11. The number of halogens is 1. The molecule has 0 saturated carbocycles. The molecule has 0 spiro atoms. The van der Waals surface area contributed by atoms with Crippen molar-refractivity contribution in [2.75, 3.05) is 25.0 Å². The Labute approximate surface area is 97.4 Å². The van der Waals surface area contributed by atoms with Gasteiger partial charge in [-0.3, -0.25) is 0 Å². The molecule has 1 heterocycles. The minimum absolute atomic E-state index is 0.645. The van der Waals surface area contributed by atoms with Crippen LogP contribution in [0.2, 0.25) is 0 Å². The van der Waals surface area contributed by atoms with Crippen molar-refractivity contribution >= 4 is 15.9 Å². The van der Waals surface area contributed by atoms with E-state index >= 15 is 0 Å². The zero-order valence-corrected chi connectivity index (χ0v) is 11.4. The second kappa shape index (κ2) is 5.50. The molecule has 0 aromatic rings. The number of rotatable bonds is 5. The van der Waals surface area contributed by atoms with Crippen LogP contribution >= 0.6 is 15.9 Å². The van der Waals surface area contributed by atoms with E-state index in [1.54, 1.807) is 0 Å². The molecule has 0 aromatic carbocycles. The average molecular weight is 262 g/mol. The smallest absolute Gasteiger partial charge is 0.00692 e. The summed E-state index contributed by atoms with van der Waals surface area (Å²) < 4.78 is 0. The topological polar surface area (TPSA) is 3.24 Å². The van der Waals surface area contributed by atoms with Gasteiger partial charge in [-0.15, -0.1) is 0 Å². The lowest BCUT2D eigenvalue weighted by Gasteiger charge is -2.27. The van der Waals surface area contributed by atoms with Crippen LogP contribution in [0.3, 0.4) is 0 Å². The first kappa shape index (κ1) is 12.5. The van der Waals surface area contributed by atoms with Crippen molar-refractivity contribution in [1.29, 1.82) is 0 Å². The van der Waals surface area contributed by atoms with Crippen molar-refractivity contribution < 1.29 is 0 Å². The van der Waals surface area contributed by atoms with Crippen LogP contribution in [-0.2, 0) is 0 Å². The molecule has 14 heavy (non-hydrogen) atoms. The van der Waals surface area contributed by atoms with Gasteiger partial charge in [-0.25, -0.2) is 0 Å². The van der Waals surface area contributed by atoms with Crippen molar-refractivity contribution in [2.24, 2.45) is 11.3 Å². The molecule has 1 aliphatic heterocycles. The Bertz CT molecular complexity index is 166. The molecule has 0 N–H and O–H groups in total. The zero-order valence-electron chi connectivity index (χ0n) is 9.85. The van der Waals surface area contributed by atoms with Gasteiger partial charge in [-0.1, -0.05) is 36.7 Å². The highest BCUT2D eigenvalue weighted by atomic mass is 79.9. The van der Waals surface area contributed by atoms with Crippen LogP contribution in [0.4, 0.5) is 0 Å². The lowest BCUT2D eigenvalue weighted by molar-refractivity contribution is 0.227. The molecule has 0 aliphatic carbocycles. The maximum Gasteiger partial charge on any atom is 0.00692 e. The van der Waals surface area contributed by atoms with Gasteiger partial charge in [-0.2, -0.15) is 0 Å². The van der Waals surface area contributed by atoms with Gasteiger partial charge in [-0.05, 0) is 37.1 Å². The lowest BCUT2D eigenvalue weighted by Crippen LogP contribution is -2.30. The van der Waals surface area contributed by atoms with Crippen LogP contribution in [0, 0.1) is 11.3 Å². The van der Waals surface area contributed by atoms with Gasteiger partial charge in [0.05, 0.1) is 0 Å². The fraction of sp³-hybridized carbons (Fsp3) is 1.00. The maximum absolute atomic E-state index is 3.56. The van der Waals surface area contributed by atoms with E-state index in [1.807, 2.05) is 0 Å². The third kappa shape index (κ3) is 2.96. The predicted molar refractivity (Wildman–Crippen MR) is 67.0 cm³/mol. The molecule has 1 rings (SSSR count). The Kier molecular flexibility index (Phi) is 4.92. The number of alkyl halides is 1. The molecule has 0 aromatic heterocycles. The standard InChI is InChI=1S/C12H24BrN/c1-4-12(5-2)6-7-14(10-12)9-11(3)8-13/h11H,4-10H2,1-3H3. The van der Waals surface area contributed by atoms with Crippen LogP contribution in [0.1, 0.15) is 40.0 Å². The molecule has 1 aliphatic rings. The molecule has 1 nitrogen and oxygen atoms in total. The summed E-state index contributed by atoms with van der Waals surface area (Å²) in [7, 11) is 0. The van der Waals surface area contributed by atoms with Crippen LogP contribution in [0.25, 0.3) is 0 Å². The summed E-state index contributed by atoms with van der Waals surface area (Å²) in [5.74, 6) is 0.791. The van der Waals surface area contributed by atoms with Crippen molar-refractivity contribution in [3.63, 3.8) is 0 Å². The van der Waals surface area contributed by atoms with E-state index in [0.717, 1.165) is 11.2 Å². The Morgan fingerprint density at radius 3 is 2.43 bits per heavy atom. The van der Waals surface area contributed by atoms with Gasteiger partial charge in [0.1, 0.15) is 0 Å². The monoisotopic (exact) mass is 261 g/mol. The number of hydrogen-bond acceptors (Lipinski definition) is 1. The zero-order chi connectivity index (χ0) is 10.6. The molecule has 1 fully saturated rings. The van der Waals surface area contributed by atoms with E-state index in [9.17, 15) is 0 Å². The SMILES string of the molecule is CCC1(CC)CCN(CC(C)CBr)C1. The summed E-state index contributed by atoms with van der Waals surface area (Å²) in [5.41, 5.74) is 0.645. The molecule has 84 valence electrons. The Hall–Kier alpha value is 0.440. The summed E-state index contributed by atoms with van der Waals surface area (Å²) in [4.78, 5) is 2.65. The quantitative estimate of drug-likeness (QED) is 0.685. The Balaban J connectivity index is 2.40. The molecule has 1 saturated heterocycles. The summed E-state index contributed by atoms with van der Waals surface area (Å²) in [6, 6.07) is 0. The van der Waals surface area contributed by atoms with Crippen LogP contribution in [-0.4, -0.2) is 29.9 Å². The van der Waals surface area contributed by atoms with E-state index in [1.165, 1.54) is 38.9 Å². The summed E-state index contributed by atoms with van der Waals surface area (Å²) in [5, 5.41) is 1.13. The van der Waals surface area contributed by atoms with Crippen molar-refractivity contribution in [2.45, 2.75) is 40.0 Å². The average Bonchev–Trinajstić information content (AvgIpc) is 2.62. The van der Waals surface area contributed by atoms with E-state index in [4.69, 9.17) is 0 Å². The predicted octanol–water partition coefficient (Wildman–Crippen LogP) is 3.53. The first-order valence-electron chi connectivity index (χ1n) is 5.94. The highest BCUT2D eigenvalue weighted by Gasteiger charge is 2.34. The molecule has 1 atom stereocenters. The van der Waals surface area contributed by atoms with E-state index in [0.29, 0.717) is 5.41 Å². The summed E-state index contributed by atoms with van der Waals surface area (Å²) >= 11 is 3.56. The first-order valence-corrected chi connectivity index (χ1v) is 7.06. The molecular weight excluding hydrogens is 238 g/mol. The molecule has 2 heteroatoms. The van der Waals surface area contributed by atoms with E-state index in [2.05, 4.69) is 41.6 Å². The third-order valence-corrected chi connectivity index (χ3v) is 4.96. The van der Waals surface area contributed by atoms with Gasteiger partial charge in [0.2, 0.25) is 0 Å². The second-order valence-electron chi connectivity index (χ2n) is 4.95. The fourth-order valence-electron chi connectivity index (χ4n) is 2.50. The van der Waals surface area contributed by atoms with Gasteiger partial charge < -0.3 is 4.90 Å². The third-order valence-electron chi connectivity index (χ3n) is 3.85. The molecule has 0 bridgehead atoms. The summed E-state index contributed by atoms with van der Waals surface area (Å²) in [6.45, 7) is 10.9. The molecule has 1 unspecified atom stereocenters. The van der Waals surface area contributed by atoms with Crippen LogP contribution < -0.4 is 0 Å². The van der Waals surface area contributed by atoms with Crippen LogP contribution in [0.15, 0.2) is 0 Å². The molecular formula is C12H24BrN. The van der Waals surface area contributed by atoms with Crippen molar-refractivity contribution in [3.05, 3.63) is 0 Å². The van der Waals surface area contributed by atoms with Crippen molar-refractivity contribution in [1.82, 2.24) is 4.90 Å². The lowest BCUT2D eigenvalue weighted by atomic mass is 9.82. The Morgan fingerprint density at radius 1 is 1.36 bits per heavy atom. The maximum atomic E-state index is 3.56. The van der Waals surface area contributed by atoms with Gasteiger partial charge in [0.15, 0.2) is 0 Å². The molecule has 0 amide bonds. The minimum Gasteiger partial charge on any atom is -0.302 e. The highest BCUT2D eigenvalue weighted by Crippen LogP contribution is 2.37. The largest absolute Gasteiger partial charge is 0.302 e. The van der Waals surface area contributed by atoms with Gasteiger partial charge in [0, 0.05) is 18.4 Å². The number of nitrogens with zero attached hydrogens (tertiary/aromatic N) is 1. The number of hydrogen-bond donors (Lipinski definition) is 0. The van der Waals surface area contributed by atoms with E-state index in [-0.39, 0.29) is 0 Å². The highest BCUT2D eigenvalue weighted by molar-refractivity contribution is 9.09. The van der Waals surface area contributed by atoms with Crippen molar-refractivity contribution in [3.8, 4) is 0 Å². The minimum atomic E-state index is 0.645. The first-order chi connectivity index (χ1) is 6.65. The molecule has 0 radical (unpaired) electrons.